The first-order chi connectivity index (χ1) is 13.8. The van der Waals surface area contributed by atoms with Crippen LogP contribution >= 0.6 is 11.8 Å². The molecule has 0 bridgehead atoms. The Morgan fingerprint density at radius 1 is 1.31 bits per heavy atom. The number of halogens is 3. The summed E-state index contributed by atoms with van der Waals surface area (Å²) in [5.74, 6) is -0.145. The molecule has 11 heteroatoms. The Bertz CT molecular complexity index is 749. The van der Waals surface area contributed by atoms with E-state index in [4.69, 9.17) is 10.00 Å². The Labute approximate surface area is 170 Å². The van der Waals surface area contributed by atoms with E-state index in [0.29, 0.717) is 31.9 Å². The fraction of sp³-hybridized carbons (Fsp3) is 0.500. The summed E-state index contributed by atoms with van der Waals surface area (Å²) in [6.07, 6.45) is -4.42. The van der Waals surface area contributed by atoms with Gasteiger partial charge in [0.05, 0.1) is 24.8 Å². The molecule has 0 saturated carbocycles. The number of ether oxygens (including phenoxy) is 1. The molecule has 2 N–H and O–H groups in total. The molecule has 1 aromatic carbocycles. The first kappa shape index (κ1) is 22.8. The molecule has 158 valence electrons. The lowest BCUT2D eigenvalue weighted by Gasteiger charge is -2.29. The molecule has 3 amide bonds. The van der Waals surface area contributed by atoms with Crippen molar-refractivity contribution in [3.8, 4) is 6.07 Å². The second-order valence-electron chi connectivity index (χ2n) is 6.19. The number of carbonyl (C=O) groups is 2. The van der Waals surface area contributed by atoms with Gasteiger partial charge in [0.15, 0.2) is 0 Å². The van der Waals surface area contributed by atoms with Crippen LogP contribution in [0.2, 0.25) is 0 Å². The number of nitrogens with one attached hydrogen (secondary N) is 2. The normalized spacial score (nSPS) is 15.3. The van der Waals surface area contributed by atoms with Gasteiger partial charge in [-0.3, -0.25) is 4.79 Å². The number of benzene rings is 1. The SMILES string of the molecule is N#CCNC(=O)[C@H](CSCc1cccc(C(F)(F)F)c1)NC(=O)N1CCOCC1. The molecule has 1 heterocycles. The predicted molar refractivity (Wildman–Crippen MR) is 101 cm³/mol. The zero-order valence-electron chi connectivity index (χ0n) is 15.5. The number of hydrogen-bond donors (Lipinski definition) is 2. The van der Waals surface area contributed by atoms with Crippen molar-refractivity contribution < 1.29 is 27.5 Å². The van der Waals surface area contributed by atoms with E-state index in [1.807, 2.05) is 0 Å². The molecule has 0 aliphatic carbocycles. The summed E-state index contributed by atoms with van der Waals surface area (Å²) < 4.78 is 43.6. The lowest BCUT2D eigenvalue weighted by Crippen LogP contribution is -2.54. The first-order valence-electron chi connectivity index (χ1n) is 8.83. The molecular weight excluding hydrogens is 409 g/mol. The van der Waals surface area contributed by atoms with Gasteiger partial charge in [0.1, 0.15) is 12.6 Å². The minimum absolute atomic E-state index is 0.142. The van der Waals surface area contributed by atoms with Crippen molar-refractivity contribution in [2.75, 3.05) is 38.6 Å². The van der Waals surface area contributed by atoms with Crippen molar-refractivity contribution in [1.82, 2.24) is 15.5 Å². The van der Waals surface area contributed by atoms with Crippen molar-refractivity contribution >= 4 is 23.7 Å². The number of nitriles is 1. The number of morpholine rings is 1. The van der Waals surface area contributed by atoms with E-state index in [1.54, 1.807) is 12.1 Å². The zero-order chi connectivity index (χ0) is 21.3. The van der Waals surface area contributed by atoms with Gasteiger partial charge in [-0.2, -0.15) is 30.2 Å². The molecule has 0 unspecified atom stereocenters. The third kappa shape index (κ3) is 7.47. The lowest BCUT2D eigenvalue weighted by atomic mass is 10.1. The summed E-state index contributed by atoms with van der Waals surface area (Å²) in [7, 11) is 0. The van der Waals surface area contributed by atoms with Crippen LogP contribution in [0, 0.1) is 11.3 Å². The van der Waals surface area contributed by atoms with Gasteiger partial charge in [0, 0.05) is 24.6 Å². The van der Waals surface area contributed by atoms with E-state index >= 15 is 0 Å². The molecule has 1 aromatic rings. The highest BCUT2D eigenvalue weighted by atomic mass is 32.2. The Kier molecular flexibility index (Phi) is 8.60. The Morgan fingerprint density at radius 2 is 2.03 bits per heavy atom. The number of hydrogen-bond acceptors (Lipinski definition) is 5. The standard InChI is InChI=1S/C18H21F3N4O3S/c19-18(20,21)14-3-1-2-13(10-14)11-29-12-15(16(26)23-5-4-22)24-17(27)25-6-8-28-9-7-25/h1-3,10,15H,5-9,11-12H2,(H,23,26)(H,24,27)/t15-/m0/s1. The number of amides is 3. The average Bonchev–Trinajstić information content (AvgIpc) is 2.71. The molecule has 29 heavy (non-hydrogen) atoms. The maximum atomic E-state index is 12.8. The number of nitrogens with zero attached hydrogens (tertiary/aromatic N) is 2. The second kappa shape index (κ2) is 10.9. The van der Waals surface area contributed by atoms with Crippen LogP contribution in [0.1, 0.15) is 11.1 Å². The Hall–Kier alpha value is -2.45. The third-order valence-electron chi connectivity index (χ3n) is 4.06. The number of thioether (sulfide) groups is 1. The van der Waals surface area contributed by atoms with E-state index in [9.17, 15) is 22.8 Å². The molecule has 1 aliphatic rings. The van der Waals surface area contributed by atoms with Crippen LogP contribution in [0.5, 0.6) is 0 Å². The van der Waals surface area contributed by atoms with Crippen molar-refractivity contribution in [2.24, 2.45) is 0 Å². The number of rotatable bonds is 7. The summed E-state index contributed by atoms with van der Waals surface area (Å²) in [5, 5.41) is 13.7. The smallest absolute Gasteiger partial charge is 0.378 e. The van der Waals surface area contributed by atoms with Gasteiger partial charge in [-0.15, -0.1) is 0 Å². The minimum atomic E-state index is -4.42. The molecule has 1 aliphatic heterocycles. The molecule has 0 aromatic heterocycles. The highest BCUT2D eigenvalue weighted by Gasteiger charge is 2.30. The fourth-order valence-corrected chi connectivity index (χ4v) is 3.58. The number of urea groups is 1. The van der Waals surface area contributed by atoms with Crippen molar-refractivity contribution in [3.63, 3.8) is 0 Å². The van der Waals surface area contributed by atoms with Crippen molar-refractivity contribution in [2.45, 2.75) is 18.0 Å². The summed E-state index contributed by atoms with van der Waals surface area (Å²) in [6, 6.07) is 5.39. The molecule has 7 nitrogen and oxygen atoms in total. The van der Waals surface area contributed by atoms with Crippen LogP contribution in [-0.4, -0.2) is 61.5 Å². The highest BCUT2D eigenvalue weighted by Crippen LogP contribution is 2.30. The summed E-state index contributed by atoms with van der Waals surface area (Å²) in [6.45, 7) is 1.40. The van der Waals surface area contributed by atoms with Crippen LogP contribution < -0.4 is 10.6 Å². The van der Waals surface area contributed by atoms with Crippen LogP contribution in [0.25, 0.3) is 0 Å². The molecule has 1 fully saturated rings. The maximum Gasteiger partial charge on any atom is 0.416 e. The van der Waals surface area contributed by atoms with Crippen LogP contribution in [0.3, 0.4) is 0 Å². The lowest BCUT2D eigenvalue weighted by molar-refractivity contribution is -0.137. The topological polar surface area (TPSA) is 94.5 Å². The average molecular weight is 430 g/mol. The zero-order valence-corrected chi connectivity index (χ0v) is 16.3. The van der Waals surface area contributed by atoms with Crippen molar-refractivity contribution in [1.29, 1.82) is 5.26 Å². The minimum Gasteiger partial charge on any atom is -0.378 e. The second-order valence-corrected chi connectivity index (χ2v) is 7.22. The predicted octanol–water partition coefficient (Wildman–Crippen LogP) is 1.99. The van der Waals surface area contributed by atoms with E-state index < -0.39 is 29.7 Å². The van der Waals surface area contributed by atoms with Crippen LogP contribution in [0.4, 0.5) is 18.0 Å². The largest absolute Gasteiger partial charge is 0.416 e. The van der Waals surface area contributed by atoms with E-state index in [-0.39, 0.29) is 18.1 Å². The maximum absolute atomic E-state index is 12.8. The number of carbonyl (C=O) groups excluding carboxylic acids is 2. The Balaban J connectivity index is 1.95. The molecule has 1 atom stereocenters. The summed E-state index contributed by atoms with van der Waals surface area (Å²) >= 11 is 1.22. The molecule has 0 radical (unpaired) electrons. The fourth-order valence-electron chi connectivity index (χ4n) is 2.57. The van der Waals surface area contributed by atoms with Gasteiger partial charge in [-0.05, 0) is 11.6 Å². The van der Waals surface area contributed by atoms with Gasteiger partial charge in [-0.1, -0.05) is 18.2 Å². The van der Waals surface area contributed by atoms with Crippen LogP contribution in [0.15, 0.2) is 24.3 Å². The molecular formula is C18H21F3N4O3S. The highest BCUT2D eigenvalue weighted by molar-refractivity contribution is 7.98. The molecule has 2 rings (SSSR count). The van der Waals surface area contributed by atoms with E-state index in [2.05, 4.69) is 10.6 Å². The van der Waals surface area contributed by atoms with Crippen molar-refractivity contribution in [3.05, 3.63) is 35.4 Å². The molecule has 0 spiro atoms. The first-order valence-corrected chi connectivity index (χ1v) is 9.98. The summed E-state index contributed by atoms with van der Waals surface area (Å²) in [5.41, 5.74) is -0.278. The van der Waals surface area contributed by atoms with Gasteiger partial charge in [0.2, 0.25) is 5.91 Å². The summed E-state index contributed by atoms with van der Waals surface area (Å²) in [4.78, 5) is 26.1. The van der Waals surface area contributed by atoms with E-state index in [0.717, 1.165) is 12.1 Å². The van der Waals surface area contributed by atoms with Gasteiger partial charge in [-0.25, -0.2) is 4.79 Å². The quantitative estimate of drug-likeness (QED) is 0.646. The third-order valence-corrected chi connectivity index (χ3v) is 5.17. The Morgan fingerprint density at radius 3 is 2.69 bits per heavy atom. The van der Waals surface area contributed by atoms with Gasteiger partial charge >= 0.3 is 12.2 Å². The van der Waals surface area contributed by atoms with E-state index in [1.165, 1.54) is 22.7 Å². The molecule has 1 saturated heterocycles. The van der Waals surface area contributed by atoms with Gasteiger partial charge in [0.25, 0.3) is 0 Å². The van der Waals surface area contributed by atoms with Gasteiger partial charge < -0.3 is 20.3 Å². The monoisotopic (exact) mass is 430 g/mol. The van der Waals surface area contributed by atoms with Crippen LogP contribution in [-0.2, 0) is 21.5 Å². The number of alkyl halides is 3.